The molecule has 1 aromatic carbocycles. The smallest absolute Gasteiger partial charge is 0.388 e. The Hall–Kier alpha value is -2.11. The van der Waals surface area contributed by atoms with Crippen LogP contribution < -0.4 is 4.74 Å². The maximum Gasteiger partial charge on any atom is 0.388 e. The van der Waals surface area contributed by atoms with E-state index in [1.165, 1.54) is 30.5 Å². The standard InChI is InChI=1S/C12H7F4NO/c13-9-5-1-3-7(10(9)14)8-4-2-6-17-11(8)18-12(15)16/h1-6,12H. The highest BCUT2D eigenvalue weighted by Crippen LogP contribution is 2.31. The predicted octanol–water partition coefficient (Wildman–Crippen LogP) is 3.63. The molecule has 0 saturated carbocycles. The lowest BCUT2D eigenvalue weighted by molar-refractivity contribution is -0.0524. The number of rotatable bonds is 3. The largest absolute Gasteiger partial charge is 0.416 e. The number of alkyl halides is 2. The van der Waals surface area contributed by atoms with Gasteiger partial charge in [-0.25, -0.2) is 13.8 Å². The van der Waals surface area contributed by atoms with Crippen LogP contribution in [0.3, 0.4) is 0 Å². The number of nitrogens with zero attached hydrogens (tertiary/aromatic N) is 1. The minimum atomic E-state index is -3.09. The van der Waals surface area contributed by atoms with Crippen LogP contribution in [-0.4, -0.2) is 11.6 Å². The van der Waals surface area contributed by atoms with E-state index in [0.717, 1.165) is 6.07 Å². The quantitative estimate of drug-likeness (QED) is 0.783. The zero-order valence-corrected chi connectivity index (χ0v) is 8.91. The van der Waals surface area contributed by atoms with E-state index < -0.39 is 24.1 Å². The highest BCUT2D eigenvalue weighted by Gasteiger charge is 2.16. The Bertz CT molecular complexity index is 560. The number of benzene rings is 1. The van der Waals surface area contributed by atoms with Crippen LogP contribution in [-0.2, 0) is 0 Å². The van der Waals surface area contributed by atoms with Gasteiger partial charge >= 0.3 is 6.61 Å². The van der Waals surface area contributed by atoms with Crippen LogP contribution >= 0.6 is 0 Å². The summed E-state index contributed by atoms with van der Waals surface area (Å²) in [6.45, 7) is -3.09. The van der Waals surface area contributed by atoms with Gasteiger partial charge in [-0.3, -0.25) is 0 Å². The molecule has 0 saturated heterocycles. The van der Waals surface area contributed by atoms with Gasteiger partial charge in [0.2, 0.25) is 5.88 Å². The molecule has 0 aliphatic carbocycles. The summed E-state index contributed by atoms with van der Waals surface area (Å²) in [6.07, 6.45) is 1.22. The highest BCUT2D eigenvalue weighted by atomic mass is 19.3. The van der Waals surface area contributed by atoms with E-state index in [1.54, 1.807) is 0 Å². The predicted molar refractivity (Wildman–Crippen MR) is 56.2 cm³/mol. The molecule has 0 N–H and O–H groups in total. The number of ether oxygens (including phenoxy) is 1. The molecule has 18 heavy (non-hydrogen) atoms. The molecule has 0 spiro atoms. The summed E-state index contributed by atoms with van der Waals surface area (Å²) >= 11 is 0. The van der Waals surface area contributed by atoms with E-state index in [9.17, 15) is 17.6 Å². The van der Waals surface area contributed by atoms with Gasteiger partial charge in [0.25, 0.3) is 0 Å². The summed E-state index contributed by atoms with van der Waals surface area (Å²) in [4.78, 5) is 3.57. The van der Waals surface area contributed by atoms with Crippen LogP contribution in [0.4, 0.5) is 17.6 Å². The monoisotopic (exact) mass is 257 g/mol. The van der Waals surface area contributed by atoms with E-state index >= 15 is 0 Å². The molecule has 2 aromatic rings. The average molecular weight is 257 g/mol. The third-order valence-corrected chi connectivity index (χ3v) is 2.21. The SMILES string of the molecule is Fc1cccc(-c2cccnc2OC(F)F)c1F. The zero-order valence-electron chi connectivity index (χ0n) is 8.91. The van der Waals surface area contributed by atoms with Crippen molar-refractivity contribution < 1.29 is 22.3 Å². The second-order valence-corrected chi connectivity index (χ2v) is 3.34. The van der Waals surface area contributed by atoms with Gasteiger partial charge in [-0.15, -0.1) is 0 Å². The molecule has 0 atom stereocenters. The van der Waals surface area contributed by atoms with Crippen LogP contribution in [0.15, 0.2) is 36.5 Å². The van der Waals surface area contributed by atoms with Crippen molar-refractivity contribution in [3.8, 4) is 17.0 Å². The van der Waals surface area contributed by atoms with Crippen LogP contribution in [0, 0.1) is 11.6 Å². The zero-order chi connectivity index (χ0) is 13.1. The lowest BCUT2D eigenvalue weighted by Crippen LogP contribution is -2.05. The molecule has 0 aliphatic heterocycles. The van der Waals surface area contributed by atoms with E-state index in [-0.39, 0.29) is 11.1 Å². The van der Waals surface area contributed by atoms with Gasteiger partial charge in [-0.1, -0.05) is 12.1 Å². The van der Waals surface area contributed by atoms with Gasteiger partial charge in [0, 0.05) is 17.3 Å². The van der Waals surface area contributed by atoms with Crippen LogP contribution in [0.5, 0.6) is 5.88 Å². The fraction of sp³-hybridized carbons (Fsp3) is 0.0833. The van der Waals surface area contributed by atoms with Crippen molar-refractivity contribution in [2.45, 2.75) is 6.61 Å². The third kappa shape index (κ3) is 2.42. The Morgan fingerprint density at radius 3 is 2.44 bits per heavy atom. The number of hydrogen-bond acceptors (Lipinski definition) is 2. The number of hydrogen-bond donors (Lipinski definition) is 0. The van der Waals surface area contributed by atoms with Crippen molar-refractivity contribution in [3.05, 3.63) is 48.2 Å². The highest BCUT2D eigenvalue weighted by molar-refractivity contribution is 5.69. The summed E-state index contributed by atoms with van der Waals surface area (Å²) < 4.78 is 55.1. The average Bonchev–Trinajstić information content (AvgIpc) is 2.33. The maximum absolute atomic E-state index is 13.6. The Labute approximate surface area is 99.8 Å². The van der Waals surface area contributed by atoms with Crippen molar-refractivity contribution in [2.75, 3.05) is 0 Å². The minimum Gasteiger partial charge on any atom is -0.416 e. The van der Waals surface area contributed by atoms with Gasteiger partial charge < -0.3 is 4.74 Å². The summed E-state index contributed by atoms with van der Waals surface area (Å²) in [5, 5.41) is 0. The molecule has 6 heteroatoms. The van der Waals surface area contributed by atoms with Crippen molar-refractivity contribution in [1.29, 1.82) is 0 Å². The van der Waals surface area contributed by atoms with Crippen molar-refractivity contribution in [3.63, 3.8) is 0 Å². The third-order valence-electron chi connectivity index (χ3n) is 2.21. The van der Waals surface area contributed by atoms with E-state index in [2.05, 4.69) is 9.72 Å². The molecule has 1 aromatic heterocycles. The van der Waals surface area contributed by atoms with Gasteiger partial charge in [-0.05, 0) is 18.2 Å². The van der Waals surface area contributed by atoms with Crippen molar-refractivity contribution >= 4 is 0 Å². The molecule has 0 unspecified atom stereocenters. The molecule has 0 bridgehead atoms. The van der Waals surface area contributed by atoms with Crippen molar-refractivity contribution in [2.24, 2.45) is 0 Å². The first kappa shape index (κ1) is 12.3. The van der Waals surface area contributed by atoms with Gasteiger partial charge in [-0.2, -0.15) is 8.78 Å². The van der Waals surface area contributed by atoms with E-state index in [1.807, 2.05) is 0 Å². The van der Waals surface area contributed by atoms with Crippen LogP contribution in [0.2, 0.25) is 0 Å². The number of pyridine rings is 1. The van der Waals surface area contributed by atoms with Crippen LogP contribution in [0.1, 0.15) is 0 Å². The second kappa shape index (κ2) is 5.03. The van der Waals surface area contributed by atoms with Gasteiger partial charge in [0.15, 0.2) is 11.6 Å². The molecule has 2 nitrogen and oxygen atoms in total. The van der Waals surface area contributed by atoms with Crippen molar-refractivity contribution in [1.82, 2.24) is 4.98 Å². The fourth-order valence-corrected chi connectivity index (χ4v) is 1.49. The first-order valence-corrected chi connectivity index (χ1v) is 4.94. The molecule has 2 rings (SSSR count). The second-order valence-electron chi connectivity index (χ2n) is 3.34. The lowest BCUT2D eigenvalue weighted by Gasteiger charge is -2.10. The molecular weight excluding hydrogens is 250 g/mol. The molecule has 1 heterocycles. The fourth-order valence-electron chi connectivity index (χ4n) is 1.49. The minimum absolute atomic E-state index is 0.0326. The molecule has 0 amide bonds. The molecule has 94 valence electrons. The molecular formula is C12H7F4NO. The summed E-state index contributed by atoms with van der Waals surface area (Å²) in [7, 11) is 0. The summed E-state index contributed by atoms with van der Waals surface area (Å²) in [5.41, 5.74) is -0.214. The number of aromatic nitrogens is 1. The normalized spacial score (nSPS) is 10.7. The lowest BCUT2D eigenvalue weighted by atomic mass is 10.1. The Kier molecular flexibility index (Phi) is 3.45. The molecule has 0 fully saturated rings. The van der Waals surface area contributed by atoms with Gasteiger partial charge in [0.05, 0.1) is 0 Å². The topological polar surface area (TPSA) is 22.1 Å². The Morgan fingerprint density at radius 1 is 1.00 bits per heavy atom. The van der Waals surface area contributed by atoms with E-state index in [0.29, 0.717) is 0 Å². The van der Waals surface area contributed by atoms with Gasteiger partial charge in [0.1, 0.15) is 0 Å². The first-order chi connectivity index (χ1) is 8.59. The molecule has 0 aliphatic rings. The maximum atomic E-state index is 13.6. The summed E-state index contributed by atoms with van der Waals surface area (Å²) in [6, 6.07) is 6.20. The Balaban J connectivity index is 2.53. The van der Waals surface area contributed by atoms with Crippen LogP contribution in [0.25, 0.3) is 11.1 Å². The molecule has 0 radical (unpaired) electrons. The summed E-state index contributed by atoms with van der Waals surface area (Å²) in [5.74, 6) is -2.65. The first-order valence-electron chi connectivity index (χ1n) is 4.94. The number of halogens is 4. The van der Waals surface area contributed by atoms with E-state index in [4.69, 9.17) is 0 Å². The Morgan fingerprint density at radius 2 is 1.72 bits per heavy atom.